The average Bonchev–Trinajstić information content (AvgIpc) is 3.11. The highest BCUT2D eigenvalue weighted by Crippen LogP contribution is 2.41. The summed E-state index contributed by atoms with van der Waals surface area (Å²) >= 11 is 1.44. The van der Waals surface area contributed by atoms with Gasteiger partial charge in [-0.3, -0.25) is 4.79 Å². The molecule has 0 bridgehead atoms. The lowest BCUT2D eigenvalue weighted by atomic mass is 9.85. The monoisotopic (exact) mass is 427 g/mol. The summed E-state index contributed by atoms with van der Waals surface area (Å²) in [5, 5.41) is 3.37. The fraction of sp³-hybridized carbons (Fsp3) is 0.700. The van der Waals surface area contributed by atoms with Crippen LogP contribution >= 0.6 is 11.3 Å². The minimum Gasteiger partial charge on any atom is -0.456 e. The van der Waals surface area contributed by atoms with Crippen LogP contribution in [0.1, 0.15) is 67.8 Å². The van der Waals surface area contributed by atoms with Gasteiger partial charge in [-0.25, -0.2) is 13.2 Å². The number of amides is 1. The summed E-state index contributed by atoms with van der Waals surface area (Å²) in [5.41, 5.74) is 0.810. The van der Waals surface area contributed by atoms with E-state index in [1.165, 1.54) is 11.3 Å². The number of nitrogens with one attached hydrogen (secondary N) is 1. The summed E-state index contributed by atoms with van der Waals surface area (Å²) in [7, 11) is -3.15. The number of esters is 1. The number of carbonyl (C=O) groups excluding carboxylic acids is 2. The van der Waals surface area contributed by atoms with Crippen LogP contribution in [0.3, 0.4) is 0 Å². The van der Waals surface area contributed by atoms with Crippen molar-refractivity contribution in [2.75, 3.05) is 16.8 Å². The number of hydrogen-bond donors (Lipinski definition) is 1. The minimum atomic E-state index is -3.15. The predicted molar refractivity (Wildman–Crippen MR) is 111 cm³/mol. The Morgan fingerprint density at radius 1 is 1.25 bits per heavy atom. The highest BCUT2D eigenvalue weighted by molar-refractivity contribution is 7.91. The molecule has 1 aromatic heterocycles. The van der Waals surface area contributed by atoms with Crippen molar-refractivity contribution >= 4 is 38.1 Å². The first-order chi connectivity index (χ1) is 13.0. The summed E-state index contributed by atoms with van der Waals surface area (Å²) < 4.78 is 29.0. The number of fused-ring (bicyclic) bond motifs is 1. The Kier molecular flexibility index (Phi) is 5.92. The van der Waals surface area contributed by atoms with Gasteiger partial charge in [0.25, 0.3) is 0 Å². The van der Waals surface area contributed by atoms with Crippen LogP contribution in [-0.2, 0) is 32.2 Å². The Morgan fingerprint density at radius 3 is 2.54 bits per heavy atom. The second-order valence-electron chi connectivity index (χ2n) is 8.82. The molecule has 2 atom stereocenters. The molecule has 0 spiro atoms. The van der Waals surface area contributed by atoms with Gasteiger partial charge >= 0.3 is 5.97 Å². The average molecular weight is 428 g/mol. The summed E-state index contributed by atoms with van der Waals surface area (Å²) in [4.78, 5) is 26.7. The maximum atomic E-state index is 12.9. The van der Waals surface area contributed by atoms with Gasteiger partial charge in [-0.2, -0.15) is 0 Å². The van der Waals surface area contributed by atoms with Crippen LogP contribution in [0.25, 0.3) is 0 Å². The molecule has 3 rings (SSSR count). The van der Waals surface area contributed by atoms with E-state index in [4.69, 9.17) is 4.74 Å². The summed E-state index contributed by atoms with van der Waals surface area (Å²) in [6.07, 6.45) is 4.14. The molecule has 0 unspecified atom stereocenters. The van der Waals surface area contributed by atoms with Crippen LogP contribution in [0.15, 0.2) is 0 Å². The van der Waals surface area contributed by atoms with Gasteiger partial charge in [0.05, 0.1) is 23.0 Å². The van der Waals surface area contributed by atoms with Crippen LogP contribution in [0.4, 0.5) is 5.00 Å². The van der Waals surface area contributed by atoms with E-state index in [2.05, 4.69) is 12.2 Å². The largest absolute Gasteiger partial charge is 0.456 e. The van der Waals surface area contributed by atoms with Crippen molar-refractivity contribution < 1.29 is 22.7 Å². The van der Waals surface area contributed by atoms with E-state index in [0.29, 0.717) is 22.9 Å². The first-order valence-electron chi connectivity index (χ1n) is 9.88. The lowest BCUT2D eigenvalue weighted by Crippen LogP contribution is -2.27. The highest BCUT2D eigenvalue weighted by atomic mass is 32.2. The second-order valence-corrected chi connectivity index (χ2v) is 12.1. The maximum absolute atomic E-state index is 12.9. The van der Waals surface area contributed by atoms with Gasteiger partial charge in [-0.15, -0.1) is 11.3 Å². The molecule has 1 fully saturated rings. The van der Waals surface area contributed by atoms with Crippen LogP contribution in [0.2, 0.25) is 0 Å². The van der Waals surface area contributed by atoms with Crippen LogP contribution in [0.5, 0.6) is 0 Å². The molecule has 1 saturated heterocycles. The van der Waals surface area contributed by atoms with Gasteiger partial charge in [-0.05, 0) is 57.9 Å². The summed E-state index contributed by atoms with van der Waals surface area (Å²) in [6, 6.07) is 0. The lowest BCUT2D eigenvalue weighted by Gasteiger charge is -2.23. The number of anilines is 1. The first-order valence-corrected chi connectivity index (χ1v) is 12.5. The number of thiophene rings is 1. The smallest absolute Gasteiger partial charge is 0.341 e. The quantitative estimate of drug-likeness (QED) is 0.742. The molecule has 2 aliphatic rings. The Morgan fingerprint density at radius 2 is 1.96 bits per heavy atom. The third-order valence-corrected chi connectivity index (χ3v) is 8.33. The molecule has 0 radical (unpaired) electrons. The number of rotatable bonds is 4. The molecule has 6 nitrogen and oxygen atoms in total. The van der Waals surface area contributed by atoms with Crippen molar-refractivity contribution in [1.29, 1.82) is 0 Å². The second kappa shape index (κ2) is 7.78. The zero-order valence-electron chi connectivity index (χ0n) is 17.0. The maximum Gasteiger partial charge on any atom is 0.341 e. The number of ether oxygens (including phenoxy) is 1. The molecule has 1 aliphatic heterocycles. The molecule has 8 heteroatoms. The molecule has 1 amide bonds. The topological polar surface area (TPSA) is 89.5 Å². The van der Waals surface area contributed by atoms with Gasteiger partial charge in [0, 0.05) is 4.88 Å². The highest BCUT2D eigenvalue weighted by Gasteiger charge is 2.36. The predicted octanol–water partition coefficient (Wildman–Crippen LogP) is 3.59. The van der Waals surface area contributed by atoms with Crippen molar-refractivity contribution in [3.63, 3.8) is 0 Å². The van der Waals surface area contributed by atoms with Crippen LogP contribution in [-0.4, -0.2) is 37.4 Å². The van der Waals surface area contributed by atoms with Gasteiger partial charge in [0.1, 0.15) is 10.6 Å². The fourth-order valence-corrected chi connectivity index (χ4v) is 6.95. The van der Waals surface area contributed by atoms with Gasteiger partial charge in [0.15, 0.2) is 9.84 Å². The molecule has 1 aliphatic carbocycles. The Balaban J connectivity index is 1.90. The summed E-state index contributed by atoms with van der Waals surface area (Å²) in [5.74, 6) is -0.793. The Labute approximate surface area is 171 Å². The van der Waals surface area contributed by atoms with E-state index in [0.717, 1.165) is 36.1 Å². The Bertz CT molecular complexity index is 879. The molecule has 0 saturated carbocycles. The third kappa shape index (κ3) is 4.76. The SMILES string of the molecule is CC[C@H]1CCc2c(sc(NC(=O)[C@H]3CCS(=O)(=O)C3)c2C(=O)OC(C)(C)C)C1. The van der Waals surface area contributed by atoms with Crippen molar-refractivity contribution in [2.45, 2.75) is 65.4 Å². The standard InChI is InChI=1S/C20H29NO5S2/c1-5-12-6-7-14-15(10-12)27-18(16(14)19(23)26-20(2,3)4)21-17(22)13-8-9-28(24,25)11-13/h12-13H,5-11H2,1-4H3,(H,21,22)/t12-,13-/m0/s1. The minimum absolute atomic E-state index is 0.0448. The number of hydrogen-bond acceptors (Lipinski definition) is 6. The Hall–Kier alpha value is -1.41. The first kappa shape index (κ1) is 21.3. The van der Waals surface area contributed by atoms with E-state index in [9.17, 15) is 18.0 Å². The van der Waals surface area contributed by atoms with E-state index < -0.39 is 27.3 Å². The van der Waals surface area contributed by atoms with Crippen molar-refractivity contribution in [3.8, 4) is 0 Å². The van der Waals surface area contributed by atoms with Gasteiger partial charge < -0.3 is 10.1 Å². The zero-order chi connectivity index (χ0) is 20.7. The van der Waals surface area contributed by atoms with E-state index in [-0.39, 0.29) is 17.4 Å². The zero-order valence-corrected chi connectivity index (χ0v) is 18.6. The van der Waals surface area contributed by atoms with Gasteiger partial charge in [-0.1, -0.05) is 13.3 Å². The molecule has 2 heterocycles. The summed E-state index contributed by atoms with van der Waals surface area (Å²) in [6.45, 7) is 7.62. The molecular formula is C20H29NO5S2. The third-order valence-electron chi connectivity index (χ3n) is 5.39. The molecule has 1 N–H and O–H groups in total. The van der Waals surface area contributed by atoms with Crippen molar-refractivity contribution in [2.24, 2.45) is 11.8 Å². The lowest BCUT2D eigenvalue weighted by molar-refractivity contribution is -0.119. The normalized spacial score (nSPS) is 23.9. The fourth-order valence-electron chi connectivity index (χ4n) is 3.85. The van der Waals surface area contributed by atoms with Crippen LogP contribution < -0.4 is 5.32 Å². The number of sulfone groups is 1. The van der Waals surface area contributed by atoms with E-state index in [1.807, 2.05) is 20.8 Å². The van der Waals surface area contributed by atoms with Crippen LogP contribution in [0, 0.1) is 11.8 Å². The molecule has 28 heavy (non-hydrogen) atoms. The molecule has 1 aromatic rings. The van der Waals surface area contributed by atoms with Crippen molar-refractivity contribution in [3.05, 3.63) is 16.0 Å². The molecule has 0 aromatic carbocycles. The van der Waals surface area contributed by atoms with E-state index >= 15 is 0 Å². The van der Waals surface area contributed by atoms with Crippen molar-refractivity contribution in [1.82, 2.24) is 0 Å². The molecular weight excluding hydrogens is 398 g/mol. The number of carbonyl (C=O) groups is 2. The van der Waals surface area contributed by atoms with Gasteiger partial charge in [0.2, 0.25) is 5.91 Å². The molecule has 156 valence electrons. The van der Waals surface area contributed by atoms with E-state index in [1.54, 1.807) is 0 Å².